The van der Waals surface area contributed by atoms with Gasteiger partial charge in [-0.1, -0.05) is 66.7 Å². The Morgan fingerprint density at radius 2 is 1.47 bits per heavy atom. The van der Waals surface area contributed by atoms with Crippen molar-refractivity contribution in [3.63, 3.8) is 0 Å². The molecule has 34 heavy (non-hydrogen) atoms. The van der Waals surface area contributed by atoms with Gasteiger partial charge in [0.25, 0.3) is 17.7 Å². The maximum absolute atomic E-state index is 12.6. The Morgan fingerprint density at radius 1 is 0.735 bits per heavy atom. The Morgan fingerprint density at radius 3 is 2.26 bits per heavy atom. The number of anilines is 1. The second-order valence-corrected chi connectivity index (χ2v) is 8.08. The Bertz CT molecular complexity index is 1290. The molecule has 0 aliphatic heterocycles. The fraction of sp³-hybridized carbons (Fsp3) is 0.0385. The van der Waals surface area contributed by atoms with Crippen LogP contribution in [0, 0.1) is 0 Å². The van der Waals surface area contributed by atoms with Crippen LogP contribution in [0.1, 0.15) is 20.0 Å². The molecular weight excluding hydrogens is 450 g/mol. The first kappa shape index (κ1) is 22.8. The molecule has 0 radical (unpaired) electrons. The second-order valence-electron chi connectivity index (χ2n) is 7.13. The highest BCUT2D eigenvalue weighted by Gasteiger charge is 2.15. The topological polar surface area (TPSA) is 96.5 Å². The molecule has 0 bridgehead atoms. The van der Waals surface area contributed by atoms with Gasteiger partial charge in [-0.2, -0.15) is 0 Å². The average Bonchev–Trinajstić information content (AvgIpc) is 3.42. The Hall–Kier alpha value is -4.43. The van der Waals surface area contributed by atoms with E-state index in [1.807, 2.05) is 48.5 Å². The molecule has 1 aromatic heterocycles. The highest BCUT2D eigenvalue weighted by molar-refractivity contribution is 7.12. The highest BCUT2D eigenvalue weighted by atomic mass is 32.1. The highest BCUT2D eigenvalue weighted by Crippen LogP contribution is 2.29. The molecule has 3 amide bonds. The molecule has 0 unspecified atom stereocenters. The SMILES string of the molecule is O=C(COc1ccccc1-c1ccccc1)NNC(=O)c1ccccc1NC(=O)c1cccs1. The van der Waals surface area contributed by atoms with E-state index in [-0.39, 0.29) is 18.1 Å². The summed E-state index contributed by atoms with van der Waals surface area (Å²) in [5, 5.41) is 4.52. The lowest BCUT2D eigenvalue weighted by Gasteiger charge is -2.13. The Kier molecular flexibility index (Phi) is 7.32. The van der Waals surface area contributed by atoms with Crippen molar-refractivity contribution >= 4 is 34.7 Å². The monoisotopic (exact) mass is 471 g/mol. The van der Waals surface area contributed by atoms with Crippen molar-refractivity contribution in [1.29, 1.82) is 0 Å². The number of nitrogens with one attached hydrogen (secondary N) is 3. The largest absolute Gasteiger partial charge is 0.483 e. The summed E-state index contributed by atoms with van der Waals surface area (Å²) in [7, 11) is 0. The van der Waals surface area contributed by atoms with Crippen LogP contribution in [0.3, 0.4) is 0 Å². The molecule has 0 saturated heterocycles. The number of ether oxygens (including phenoxy) is 1. The van der Waals surface area contributed by atoms with Crippen LogP contribution >= 0.6 is 11.3 Å². The van der Waals surface area contributed by atoms with Gasteiger partial charge in [0.05, 0.1) is 16.1 Å². The van der Waals surface area contributed by atoms with Crippen LogP contribution in [0.15, 0.2) is 96.4 Å². The van der Waals surface area contributed by atoms with Gasteiger partial charge in [-0.25, -0.2) is 0 Å². The summed E-state index contributed by atoms with van der Waals surface area (Å²) in [5.41, 5.74) is 7.07. The fourth-order valence-electron chi connectivity index (χ4n) is 3.20. The normalized spacial score (nSPS) is 10.2. The van der Waals surface area contributed by atoms with Gasteiger partial charge in [-0.3, -0.25) is 25.2 Å². The number of thiophene rings is 1. The first-order chi connectivity index (χ1) is 16.6. The number of hydrazine groups is 1. The lowest BCUT2D eigenvalue weighted by Crippen LogP contribution is -2.44. The van der Waals surface area contributed by atoms with Crippen molar-refractivity contribution in [1.82, 2.24) is 10.9 Å². The van der Waals surface area contributed by atoms with Gasteiger partial charge in [-0.05, 0) is 35.2 Å². The first-order valence-corrected chi connectivity index (χ1v) is 11.3. The van der Waals surface area contributed by atoms with Gasteiger partial charge in [-0.15, -0.1) is 11.3 Å². The summed E-state index contributed by atoms with van der Waals surface area (Å²) >= 11 is 1.30. The Balaban J connectivity index is 1.34. The van der Waals surface area contributed by atoms with Crippen LogP contribution in [0.5, 0.6) is 5.75 Å². The molecule has 0 saturated carbocycles. The Labute approximate surface area is 200 Å². The zero-order valence-corrected chi connectivity index (χ0v) is 18.8. The molecule has 0 fully saturated rings. The third-order valence-corrected chi connectivity index (χ3v) is 5.68. The van der Waals surface area contributed by atoms with E-state index < -0.39 is 11.8 Å². The van der Waals surface area contributed by atoms with Crippen molar-refractivity contribution in [2.24, 2.45) is 0 Å². The van der Waals surface area contributed by atoms with Crippen molar-refractivity contribution in [2.75, 3.05) is 11.9 Å². The van der Waals surface area contributed by atoms with E-state index in [1.165, 1.54) is 11.3 Å². The molecule has 4 aromatic rings. The number of amides is 3. The first-order valence-electron chi connectivity index (χ1n) is 10.4. The van der Waals surface area contributed by atoms with Crippen LogP contribution < -0.4 is 20.9 Å². The third-order valence-electron chi connectivity index (χ3n) is 4.81. The van der Waals surface area contributed by atoms with Crippen LogP contribution in [0.2, 0.25) is 0 Å². The summed E-state index contributed by atoms with van der Waals surface area (Å²) in [6.07, 6.45) is 0. The predicted molar refractivity (Wildman–Crippen MR) is 132 cm³/mol. The molecule has 170 valence electrons. The van der Waals surface area contributed by atoms with Gasteiger partial charge >= 0.3 is 0 Å². The minimum atomic E-state index is -0.569. The van der Waals surface area contributed by atoms with Gasteiger partial charge in [0.2, 0.25) is 0 Å². The molecule has 0 aliphatic rings. The minimum Gasteiger partial charge on any atom is -0.483 e. The number of carbonyl (C=O) groups excluding carboxylic acids is 3. The fourth-order valence-corrected chi connectivity index (χ4v) is 3.82. The second kappa shape index (κ2) is 10.9. The van der Waals surface area contributed by atoms with E-state index in [2.05, 4.69) is 16.2 Å². The van der Waals surface area contributed by atoms with Crippen LogP contribution in [-0.2, 0) is 4.79 Å². The molecule has 0 aliphatic carbocycles. The van der Waals surface area contributed by atoms with Crippen molar-refractivity contribution in [3.05, 3.63) is 107 Å². The maximum Gasteiger partial charge on any atom is 0.276 e. The smallest absolute Gasteiger partial charge is 0.276 e. The minimum absolute atomic E-state index is 0.211. The van der Waals surface area contributed by atoms with Crippen molar-refractivity contribution in [3.8, 4) is 16.9 Å². The van der Waals surface area contributed by atoms with Crippen LogP contribution in [0.25, 0.3) is 11.1 Å². The van der Waals surface area contributed by atoms with Gasteiger partial charge in [0.15, 0.2) is 6.61 Å². The standard InChI is InChI=1S/C26H21N3O4S/c30-24(17-33-22-14-7-5-11-19(22)18-9-2-1-3-10-18)28-29-25(31)20-12-4-6-13-21(20)27-26(32)23-15-8-16-34-23/h1-16H,17H2,(H,27,32)(H,28,30)(H,29,31). The van der Waals surface area contributed by atoms with Crippen LogP contribution in [-0.4, -0.2) is 24.3 Å². The van der Waals surface area contributed by atoms with Gasteiger partial charge < -0.3 is 10.1 Å². The molecule has 0 atom stereocenters. The number of hydrogen-bond acceptors (Lipinski definition) is 5. The lowest BCUT2D eigenvalue weighted by atomic mass is 10.1. The molecule has 3 aromatic carbocycles. The number of carbonyl (C=O) groups is 3. The maximum atomic E-state index is 12.6. The summed E-state index contributed by atoms with van der Waals surface area (Å²) < 4.78 is 5.69. The molecule has 4 rings (SSSR count). The molecule has 1 heterocycles. The van der Waals surface area contributed by atoms with Crippen LogP contribution in [0.4, 0.5) is 5.69 Å². The van der Waals surface area contributed by atoms with Crippen molar-refractivity contribution < 1.29 is 19.1 Å². The predicted octanol–water partition coefficient (Wildman–Crippen LogP) is 4.51. The van der Waals surface area contributed by atoms with Gasteiger partial charge in [0, 0.05) is 5.56 Å². The summed E-state index contributed by atoms with van der Waals surface area (Å²) in [6.45, 7) is -0.291. The number of hydrogen-bond donors (Lipinski definition) is 3. The molecule has 8 heteroatoms. The molecule has 3 N–H and O–H groups in total. The zero-order chi connectivity index (χ0) is 23.8. The quantitative estimate of drug-likeness (QED) is 0.346. The summed E-state index contributed by atoms with van der Waals surface area (Å²) in [4.78, 5) is 37.8. The van der Waals surface area contributed by atoms with E-state index in [0.717, 1.165) is 11.1 Å². The molecular formula is C26H21N3O4S. The third kappa shape index (κ3) is 5.67. The molecule has 0 spiro atoms. The van der Waals surface area contributed by atoms with E-state index in [9.17, 15) is 14.4 Å². The number of rotatable bonds is 7. The van der Waals surface area contributed by atoms with E-state index in [1.54, 1.807) is 47.8 Å². The average molecular weight is 472 g/mol. The van der Waals surface area contributed by atoms with E-state index in [4.69, 9.17) is 4.74 Å². The summed E-state index contributed by atoms with van der Waals surface area (Å²) in [5.74, 6) is -0.863. The van der Waals surface area contributed by atoms with Gasteiger partial charge in [0.1, 0.15) is 5.75 Å². The molecule has 7 nitrogen and oxygen atoms in total. The zero-order valence-electron chi connectivity index (χ0n) is 18.0. The van der Waals surface area contributed by atoms with Crippen molar-refractivity contribution in [2.45, 2.75) is 0 Å². The lowest BCUT2D eigenvalue weighted by molar-refractivity contribution is -0.123. The van der Waals surface area contributed by atoms with E-state index in [0.29, 0.717) is 16.3 Å². The summed E-state index contributed by atoms with van der Waals surface area (Å²) in [6, 6.07) is 27.1. The number of benzene rings is 3. The number of para-hydroxylation sites is 2. The van der Waals surface area contributed by atoms with E-state index >= 15 is 0 Å².